The van der Waals surface area contributed by atoms with Gasteiger partial charge in [0.1, 0.15) is 0 Å². The molecule has 1 aromatic rings. The molecule has 0 aliphatic heterocycles. The summed E-state index contributed by atoms with van der Waals surface area (Å²) < 4.78 is 1.45. The molecule has 0 aliphatic carbocycles. The van der Waals surface area contributed by atoms with Crippen molar-refractivity contribution in [2.45, 2.75) is 26.0 Å². The van der Waals surface area contributed by atoms with Crippen LogP contribution in [0.4, 0.5) is 0 Å². The first-order valence-corrected chi connectivity index (χ1v) is 4.95. The summed E-state index contributed by atoms with van der Waals surface area (Å²) in [5, 5.41) is 28.2. The quantitative estimate of drug-likeness (QED) is 0.559. The van der Waals surface area contributed by atoms with E-state index in [1.54, 1.807) is 13.8 Å². The number of carboxylic acid groups (broad SMARTS) is 1. The van der Waals surface area contributed by atoms with E-state index in [2.05, 4.69) is 15.6 Å². The standard InChI is InChI=1S/C9H16N4O3/c1-9(2,16)6-10-3-4-13-5-7(8(14)15)11-12-13/h5,10,16H,3-4,6H2,1-2H3,(H,14,15). The van der Waals surface area contributed by atoms with Gasteiger partial charge >= 0.3 is 5.97 Å². The molecule has 0 amide bonds. The Labute approximate surface area is 93.1 Å². The fourth-order valence-electron chi connectivity index (χ4n) is 1.09. The van der Waals surface area contributed by atoms with E-state index in [1.807, 2.05) is 0 Å². The summed E-state index contributed by atoms with van der Waals surface area (Å²) in [5.74, 6) is -1.09. The average Bonchev–Trinajstić information content (AvgIpc) is 2.59. The molecule has 16 heavy (non-hydrogen) atoms. The number of nitrogens with one attached hydrogen (secondary N) is 1. The minimum absolute atomic E-state index is 0.0671. The number of carbonyl (C=O) groups is 1. The molecule has 1 rings (SSSR count). The second-order valence-corrected chi connectivity index (χ2v) is 4.16. The molecule has 7 heteroatoms. The van der Waals surface area contributed by atoms with Gasteiger partial charge < -0.3 is 15.5 Å². The van der Waals surface area contributed by atoms with Gasteiger partial charge in [-0.05, 0) is 13.8 Å². The Bertz CT molecular complexity index is 356. The van der Waals surface area contributed by atoms with Crippen LogP contribution in [0.5, 0.6) is 0 Å². The van der Waals surface area contributed by atoms with Gasteiger partial charge in [-0.3, -0.25) is 4.68 Å². The van der Waals surface area contributed by atoms with E-state index in [4.69, 9.17) is 5.11 Å². The predicted octanol–water partition coefficient (Wildman–Crippen LogP) is -0.663. The summed E-state index contributed by atoms with van der Waals surface area (Å²) in [6.45, 7) is 4.98. The molecule has 0 unspecified atom stereocenters. The van der Waals surface area contributed by atoms with Crippen LogP contribution in [0.25, 0.3) is 0 Å². The number of aliphatic hydroxyl groups is 1. The van der Waals surface area contributed by atoms with E-state index in [1.165, 1.54) is 10.9 Å². The Morgan fingerprint density at radius 2 is 2.31 bits per heavy atom. The first-order valence-electron chi connectivity index (χ1n) is 4.95. The molecule has 0 saturated carbocycles. The van der Waals surface area contributed by atoms with Gasteiger partial charge in [0.15, 0.2) is 5.69 Å². The second kappa shape index (κ2) is 5.04. The number of hydrogen-bond acceptors (Lipinski definition) is 5. The van der Waals surface area contributed by atoms with Gasteiger partial charge in [-0.1, -0.05) is 5.21 Å². The third-order valence-electron chi connectivity index (χ3n) is 1.83. The van der Waals surface area contributed by atoms with Crippen molar-refractivity contribution in [3.05, 3.63) is 11.9 Å². The fraction of sp³-hybridized carbons (Fsp3) is 0.667. The van der Waals surface area contributed by atoms with Gasteiger partial charge in [0, 0.05) is 13.1 Å². The molecule has 0 radical (unpaired) electrons. The van der Waals surface area contributed by atoms with Gasteiger partial charge in [0.25, 0.3) is 0 Å². The van der Waals surface area contributed by atoms with Crippen LogP contribution in [-0.2, 0) is 6.54 Å². The van der Waals surface area contributed by atoms with Crippen molar-refractivity contribution in [3.8, 4) is 0 Å². The third kappa shape index (κ3) is 4.37. The molecule has 0 fully saturated rings. The lowest BCUT2D eigenvalue weighted by molar-refractivity contribution is 0.0690. The zero-order valence-electron chi connectivity index (χ0n) is 9.34. The Balaban J connectivity index is 2.30. The highest BCUT2D eigenvalue weighted by Crippen LogP contribution is 1.97. The molecule has 0 aliphatic rings. The van der Waals surface area contributed by atoms with Crippen LogP contribution in [0.2, 0.25) is 0 Å². The minimum atomic E-state index is -1.09. The summed E-state index contributed by atoms with van der Waals surface area (Å²) in [4.78, 5) is 10.5. The van der Waals surface area contributed by atoms with Crippen LogP contribution < -0.4 is 5.32 Å². The SMILES string of the molecule is CC(C)(O)CNCCn1cc(C(=O)O)nn1. The van der Waals surface area contributed by atoms with Crippen LogP contribution >= 0.6 is 0 Å². The molecule has 90 valence electrons. The van der Waals surface area contributed by atoms with Crippen LogP contribution in [0.15, 0.2) is 6.20 Å². The smallest absolute Gasteiger partial charge is 0.358 e. The monoisotopic (exact) mass is 228 g/mol. The molecule has 0 spiro atoms. The number of aromatic nitrogens is 3. The van der Waals surface area contributed by atoms with E-state index in [9.17, 15) is 9.90 Å². The largest absolute Gasteiger partial charge is 0.476 e. The van der Waals surface area contributed by atoms with E-state index in [0.717, 1.165) is 0 Å². The highest BCUT2D eigenvalue weighted by atomic mass is 16.4. The van der Waals surface area contributed by atoms with Crippen molar-refractivity contribution in [3.63, 3.8) is 0 Å². The average molecular weight is 228 g/mol. The fourth-order valence-corrected chi connectivity index (χ4v) is 1.09. The van der Waals surface area contributed by atoms with E-state index in [0.29, 0.717) is 19.6 Å². The van der Waals surface area contributed by atoms with E-state index in [-0.39, 0.29) is 5.69 Å². The summed E-state index contributed by atoms with van der Waals surface area (Å²) in [7, 11) is 0. The molecule has 3 N–H and O–H groups in total. The summed E-state index contributed by atoms with van der Waals surface area (Å²) in [5.41, 5.74) is -0.823. The van der Waals surface area contributed by atoms with Crippen LogP contribution in [-0.4, -0.2) is 49.9 Å². The molecule has 0 saturated heterocycles. The number of carboxylic acids is 1. The topological polar surface area (TPSA) is 100 Å². The Morgan fingerprint density at radius 3 is 2.81 bits per heavy atom. The molecule has 1 heterocycles. The maximum atomic E-state index is 10.5. The Hall–Kier alpha value is -1.47. The third-order valence-corrected chi connectivity index (χ3v) is 1.83. The minimum Gasteiger partial charge on any atom is -0.476 e. The predicted molar refractivity (Wildman–Crippen MR) is 56.1 cm³/mol. The lowest BCUT2D eigenvalue weighted by atomic mass is 10.1. The van der Waals surface area contributed by atoms with E-state index >= 15 is 0 Å². The number of nitrogens with zero attached hydrogens (tertiary/aromatic N) is 3. The lowest BCUT2D eigenvalue weighted by Crippen LogP contribution is -2.36. The summed E-state index contributed by atoms with van der Waals surface area (Å²) in [6.07, 6.45) is 1.37. The number of rotatable bonds is 6. The van der Waals surface area contributed by atoms with Crippen molar-refractivity contribution in [1.82, 2.24) is 20.3 Å². The Kier molecular flexibility index (Phi) is 3.97. The van der Waals surface area contributed by atoms with Gasteiger partial charge in [-0.2, -0.15) is 0 Å². The molecule has 7 nitrogen and oxygen atoms in total. The molecular weight excluding hydrogens is 212 g/mol. The first kappa shape index (κ1) is 12.6. The number of hydrogen-bond donors (Lipinski definition) is 3. The highest BCUT2D eigenvalue weighted by Gasteiger charge is 2.11. The van der Waals surface area contributed by atoms with Crippen LogP contribution in [0.1, 0.15) is 24.3 Å². The molecule has 1 aromatic heterocycles. The van der Waals surface area contributed by atoms with Crippen LogP contribution in [0, 0.1) is 0 Å². The van der Waals surface area contributed by atoms with Gasteiger partial charge in [0.2, 0.25) is 0 Å². The van der Waals surface area contributed by atoms with E-state index < -0.39 is 11.6 Å². The second-order valence-electron chi connectivity index (χ2n) is 4.16. The van der Waals surface area contributed by atoms with Crippen molar-refractivity contribution in [1.29, 1.82) is 0 Å². The van der Waals surface area contributed by atoms with Crippen molar-refractivity contribution < 1.29 is 15.0 Å². The molecule has 0 bridgehead atoms. The first-order chi connectivity index (χ1) is 7.38. The number of aromatic carboxylic acids is 1. The van der Waals surface area contributed by atoms with Crippen LogP contribution in [0.3, 0.4) is 0 Å². The van der Waals surface area contributed by atoms with Crippen molar-refractivity contribution >= 4 is 5.97 Å². The van der Waals surface area contributed by atoms with Crippen molar-refractivity contribution in [2.75, 3.05) is 13.1 Å². The normalized spacial score (nSPS) is 11.7. The molecular formula is C9H16N4O3. The van der Waals surface area contributed by atoms with Gasteiger partial charge in [0.05, 0.1) is 18.3 Å². The maximum absolute atomic E-state index is 10.5. The molecule has 0 aromatic carbocycles. The lowest BCUT2D eigenvalue weighted by Gasteiger charge is -2.17. The van der Waals surface area contributed by atoms with Gasteiger partial charge in [-0.15, -0.1) is 5.10 Å². The maximum Gasteiger partial charge on any atom is 0.358 e. The zero-order valence-corrected chi connectivity index (χ0v) is 9.34. The summed E-state index contributed by atoms with van der Waals surface area (Å²) in [6, 6.07) is 0. The zero-order chi connectivity index (χ0) is 12.2. The Morgan fingerprint density at radius 1 is 1.62 bits per heavy atom. The van der Waals surface area contributed by atoms with Crippen molar-refractivity contribution in [2.24, 2.45) is 0 Å². The summed E-state index contributed by atoms with van der Waals surface area (Å²) >= 11 is 0. The highest BCUT2D eigenvalue weighted by molar-refractivity contribution is 5.84. The molecule has 0 atom stereocenters. The van der Waals surface area contributed by atoms with Gasteiger partial charge in [-0.25, -0.2) is 4.79 Å².